The van der Waals surface area contributed by atoms with Crippen molar-refractivity contribution in [3.8, 4) is 0 Å². The van der Waals surface area contributed by atoms with E-state index in [0.717, 1.165) is 25.8 Å². The fourth-order valence-electron chi connectivity index (χ4n) is 1.98. The molecule has 0 bridgehead atoms. The zero-order valence-electron chi connectivity index (χ0n) is 11.2. The monoisotopic (exact) mass is 231 g/mol. The van der Waals surface area contributed by atoms with Gasteiger partial charge >= 0.3 is 0 Å². The summed E-state index contributed by atoms with van der Waals surface area (Å²) in [7, 11) is 0. The van der Waals surface area contributed by atoms with Gasteiger partial charge in [-0.15, -0.1) is 6.58 Å². The minimum absolute atomic E-state index is 0.471. The number of aryl methyl sites for hydroxylation is 1. The fourth-order valence-corrected chi connectivity index (χ4v) is 1.98. The van der Waals surface area contributed by atoms with Crippen molar-refractivity contribution in [1.29, 1.82) is 0 Å². The van der Waals surface area contributed by atoms with Crippen molar-refractivity contribution in [2.75, 3.05) is 6.54 Å². The molecule has 0 amide bonds. The van der Waals surface area contributed by atoms with E-state index in [1.165, 1.54) is 17.5 Å². The molecular weight excluding hydrogens is 206 g/mol. The van der Waals surface area contributed by atoms with Crippen LogP contribution in [0.25, 0.3) is 0 Å². The molecule has 0 spiro atoms. The number of hydrogen-bond donors (Lipinski definition) is 1. The summed E-state index contributed by atoms with van der Waals surface area (Å²) < 4.78 is 0. The van der Waals surface area contributed by atoms with Crippen LogP contribution in [0.2, 0.25) is 0 Å². The van der Waals surface area contributed by atoms with Crippen molar-refractivity contribution in [3.63, 3.8) is 0 Å². The summed E-state index contributed by atoms with van der Waals surface area (Å²) >= 11 is 0. The molecule has 1 atom stereocenters. The number of rotatable bonds is 8. The van der Waals surface area contributed by atoms with E-state index in [9.17, 15) is 0 Å². The molecular formula is C16H25N. The quantitative estimate of drug-likeness (QED) is 0.659. The van der Waals surface area contributed by atoms with E-state index in [0.29, 0.717) is 6.04 Å². The van der Waals surface area contributed by atoms with Crippen LogP contribution in [-0.4, -0.2) is 6.54 Å². The van der Waals surface area contributed by atoms with Crippen LogP contribution in [0.5, 0.6) is 0 Å². The van der Waals surface area contributed by atoms with E-state index in [-0.39, 0.29) is 0 Å². The van der Waals surface area contributed by atoms with Crippen LogP contribution in [0.3, 0.4) is 0 Å². The Bertz CT molecular complexity index is 313. The zero-order chi connectivity index (χ0) is 12.5. The first-order chi connectivity index (χ1) is 8.31. The molecule has 0 saturated heterocycles. The average Bonchev–Trinajstić information content (AvgIpc) is 2.39. The zero-order valence-corrected chi connectivity index (χ0v) is 11.2. The maximum absolute atomic E-state index is 3.81. The highest BCUT2D eigenvalue weighted by Crippen LogP contribution is 2.19. The van der Waals surface area contributed by atoms with Gasteiger partial charge in [-0.1, -0.05) is 44.2 Å². The van der Waals surface area contributed by atoms with Gasteiger partial charge in [0.15, 0.2) is 0 Å². The van der Waals surface area contributed by atoms with E-state index >= 15 is 0 Å². The number of allylic oxidation sites excluding steroid dienone is 1. The summed E-state index contributed by atoms with van der Waals surface area (Å²) in [6.45, 7) is 9.29. The number of hydrogen-bond acceptors (Lipinski definition) is 1. The van der Waals surface area contributed by atoms with E-state index in [1.54, 1.807) is 0 Å². The van der Waals surface area contributed by atoms with E-state index in [4.69, 9.17) is 0 Å². The van der Waals surface area contributed by atoms with E-state index in [2.05, 4.69) is 50.0 Å². The van der Waals surface area contributed by atoms with Crippen LogP contribution < -0.4 is 5.32 Å². The third kappa shape index (κ3) is 4.74. The second kappa shape index (κ2) is 8.08. The highest BCUT2D eigenvalue weighted by atomic mass is 14.9. The van der Waals surface area contributed by atoms with E-state index in [1.807, 2.05) is 6.08 Å². The minimum atomic E-state index is 0.471. The van der Waals surface area contributed by atoms with Gasteiger partial charge < -0.3 is 5.32 Å². The van der Waals surface area contributed by atoms with Gasteiger partial charge in [0, 0.05) is 6.04 Å². The predicted octanol–water partition coefficient (Wildman–Crippen LogP) is 4.26. The normalized spacial score (nSPS) is 12.4. The molecule has 0 fully saturated rings. The Hall–Kier alpha value is -1.08. The van der Waals surface area contributed by atoms with Crippen LogP contribution in [0.4, 0.5) is 0 Å². The van der Waals surface area contributed by atoms with Crippen molar-refractivity contribution in [3.05, 3.63) is 48.0 Å². The summed E-state index contributed by atoms with van der Waals surface area (Å²) in [4.78, 5) is 0. The molecule has 0 aliphatic heterocycles. The highest BCUT2D eigenvalue weighted by molar-refractivity contribution is 5.25. The van der Waals surface area contributed by atoms with E-state index < -0.39 is 0 Å². The third-order valence-electron chi connectivity index (χ3n) is 3.09. The molecule has 1 rings (SSSR count). The molecule has 0 radical (unpaired) electrons. The molecule has 1 heteroatoms. The van der Waals surface area contributed by atoms with Gasteiger partial charge in [-0.3, -0.25) is 0 Å². The molecule has 17 heavy (non-hydrogen) atoms. The Morgan fingerprint density at radius 2 is 1.94 bits per heavy atom. The summed E-state index contributed by atoms with van der Waals surface area (Å²) in [5.74, 6) is 0. The van der Waals surface area contributed by atoms with Crippen LogP contribution in [0, 0.1) is 0 Å². The molecule has 0 aliphatic rings. The second-order valence-corrected chi connectivity index (χ2v) is 4.47. The second-order valence-electron chi connectivity index (χ2n) is 4.47. The number of nitrogens with one attached hydrogen (secondary N) is 1. The lowest BCUT2D eigenvalue weighted by Gasteiger charge is -2.18. The van der Waals surface area contributed by atoms with Gasteiger partial charge in [0.2, 0.25) is 0 Å². The highest BCUT2D eigenvalue weighted by Gasteiger charge is 2.09. The first-order valence-corrected chi connectivity index (χ1v) is 6.74. The Labute approximate surface area is 106 Å². The van der Waals surface area contributed by atoms with Gasteiger partial charge in [-0.05, 0) is 43.4 Å². The molecule has 1 unspecified atom stereocenters. The molecule has 1 aromatic carbocycles. The molecule has 0 aliphatic carbocycles. The van der Waals surface area contributed by atoms with Crippen LogP contribution in [0.15, 0.2) is 36.9 Å². The van der Waals surface area contributed by atoms with Crippen molar-refractivity contribution in [2.45, 2.75) is 45.6 Å². The lowest BCUT2D eigenvalue weighted by molar-refractivity contribution is 0.503. The third-order valence-corrected chi connectivity index (χ3v) is 3.09. The Kier molecular flexibility index (Phi) is 6.64. The smallest absolute Gasteiger partial charge is 0.0323 e. The van der Waals surface area contributed by atoms with Gasteiger partial charge in [0.25, 0.3) is 0 Å². The SMILES string of the molecule is C=CCCC(NCCC)c1ccc(CC)cc1. The van der Waals surface area contributed by atoms with Crippen LogP contribution in [0.1, 0.15) is 50.3 Å². The summed E-state index contributed by atoms with van der Waals surface area (Å²) in [6.07, 6.45) is 6.49. The standard InChI is InChI=1S/C16H25N/c1-4-7-8-16(17-13-5-2)15-11-9-14(6-3)10-12-15/h4,9-12,16-17H,1,5-8,13H2,2-3H3. The Morgan fingerprint density at radius 1 is 1.24 bits per heavy atom. The van der Waals surface area contributed by atoms with Crippen LogP contribution >= 0.6 is 0 Å². The lowest BCUT2D eigenvalue weighted by atomic mass is 10.00. The molecule has 0 aromatic heterocycles. The summed E-state index contributed by atoms with van der Waals surface area (Å²) in [5, 5.41) is 3.61. The van der Waals surface area contributed by atoms with Crippen molar-refractivity contribution < 1.29 is 0 Å². The Morgan fingerprint density at radius 3 is 2.47 bits per heavy atom. The molecule has 0 saturated carbocycles. The molecule has 0 heterocycles. The largest absolute Gasteiger partial charge is 0.310 e. The fraction of sp³-hybridized carbons (Fsp3) is 0.500. The van der Waals surface area contributed by atoms with Gasteiger partial charge in [-0.2, -0.15) is 0 Å². The molecule has 1 nitrogen and oxygen atoms in total. The Balaban J connectivity index is 2.68. The van der Waals surface area contributed by atoms with Crippen molar-refractivity contribution in [1.82, 2.24) is 5.32 Å². The number of benzene rings is 1. The van der Waals surface area contributed by atoms with Gasteiger partial charge in [-0.25, -0.2) is 0 Å². The van der Waals surface area contributed by atoms with Gasteiger partial charge in [0.1, 0.15) is 0 Å². The maximum Gasteiger partial charge on any atom is 0.0323 e. The first-order valence-electron chi connectivity index (χ1n) is 6.74. The molecule has 1 aromatic rings. The maximum atomic E-state index is 3.81. The molecule has 94 valence electrons. The average molecular weight is 231 g/mol. The topological polar surface area (TPSA) is 12.0 Å². The van der Waals surface area contributed by atoms with Crippen molar-refractivity contribution in [2.24, 2.45) is 0 Å². The van der Waals surface area contributed by atoms with Crippen LogP contribution in [-0.2, 0) is 6.42 Å². The summed E-state index contributed by atoms with van der Waals surface area (Å²) in [6, 6.07) is 9.47. The van der Waals surface area contributed by atoms with Gasteiger partial charge in [0.05, 0.1) is 0 Å². The minimum Gasteiger partial charge on any atom is -0.310 e. The predicted molar refractivity (Wildman–Crippen MR) is 76.3 cm³/mol. The summed E-state index contributed by atoms with van der Waals surface area (Å²) in [5.41, 5.74) is 2.81. The lowest BCUT2D eigenvalue weighted by Crippen LogP contribution is -2.22. The first kappa shape index (κ1) is 14.0. The molecule has 1 N–H and O–H groups in total. The van der Waals surface area contributed by atoms with Crippen molar-refractivity contribution >= 4 is 0 Å².